The lowest BCUT2D eigenvalue weighted by Gasteiger charge is -2.18. The molecule has 364 valence electrons. The zero-order valence-electron chi connectivity index (χ0n) is 41.8. The zero-order valence-corrected chi connectivity index (χ0v) is 41.8. The van der Waals surface area contributed by atoms with Gasteiger partial charge < -0.3 is 14.2 Å². The molecule has 0 aromatic heterocycles. The summed E-state index contributed by atoms with van der Waals surface area (Å²) in [7, 11) is 0. The van der Waals surface area contributed by atoms with E-state index in [4.69, 9.17) is 14.2 Å². The number of hydrogen-bond donors (Lipinski definition) is 0. The number of ether oxygens (including phenoxy) is 3. The highest BCUT2D eigenvalue weighted by molar-refractivity contribution is 5.70. The van der Waals surface area contributed by atoms with Crippen LogP contribution in [-0.2, 0) is 23.8 Å². The molecule has 0 saturated heterocycles. The first-order chi connectivity index (χ1) is 31.6. The summed E-state index contributed by atoms with van der Waals surface area (Å²) in [5, 5.41) is 0. The van der Waals surface area contributed by atoms with Gasteiger partial charge in [0, 0.05) is 19.4 Å². The molecule has 0 aromatic carbocycles. The van der Waals surface area contributed by atoms with Crippen molar-refractivity contribution in [2.45, 2.75) is 232 Å². The lowest BCUT2D eigenvalue weighted by atomic mass is 10.1. The van der Waals surface area contributed by atoms with Gasteiger partial charge in [-0.1, -0.05) is 201 Å². The van der Waals surface area contributed by atoms with Crippen LogP contribution < -0.4 is 0 Å². The standard InChI is InChI=1S/C59H98O5/c1-4-7-10-13-16-19-22-25-28-30-32-34-37-40-43-46-49-52-58(60)63-56-57(55-62-54-51-48-45-42-39-36-33-29-26-23-20-17-14-11-8-5-2)64-59(61)53-50-47-44-41-38-35-31-27-24-21-18-15-12-9-6-3/h7,9-10,12,16-21,25-29,31-32,34,57H,4-6,8,11,13-15,22-24,30,33,35-56H2,1-3H3/b10-7-,12-9-,19-16-,20-17-,21-18-,28-25-,29-26-,31-27-,34-32-. The van der Waals surface area contributed by atoms with Gasteiger partial charge in [0.05, 0.1) is 6.61 Å². The first-order valence-corrected chi connectivity index (χ1v) is 26.4. The van der Waals surface area contributed by atoms with Crippen LogP contribution in [0.25, 0.3) is 0 Å². The molecule has 0 heterocycles. The minimum atomic E-state index is -0.568. The predicted molar refractivity (Wildman–Crippen MR) is 279 cm³/mol. The smallest absolute Gasteiger partial charge is 0.306 e. The highest BCUT2D eigenvalue weighted by atomic mass is 16.6. The van der Waals surface area contributed by atoms with Crippen LogP contribution in [0, 0.1) is 0 Å². The first kappa shape index (κ1) is 60.6. The van der Waals surface area contributed by atoms with Gasteiger partial charge in [-0.25, -0.2) is 0 Å². The summed E-state index contributed by atoms with van der Waals surface area (Å²) < 4.78 is 17.4. The van der Waals surface area contributed by atoms with Gasteiger partial charge in [0.25, 0.3) is 0 Å². The lowest BCUT2D eigenvalue weighted by Crippen LogP contribution is -2.30. The van der Waals surface area contributed by atoms with E-state index in [-0.39, 0.29) is 25.2 Å². The molecule has 5 nitrogen and oxygen atoms in total. The average Bonchev–Trinajstić information content (AvgIpc) is 3.30. The maximum absolute atomic E-state index is 12.8. The molecule has 0 fully saturated rings. The molecule has 1 atom stereocenters. The van der Waals surface area contributed by atoms with Gasteiger partial charge >= 0.3 is 11.9 Å². The van der Waals surface area contributed by atoms with Crippen molar-refractivity contribution in [1.82, 2.24) is 0 Å². The van der Waals surface area contributed by atoms with Crippen LogP contribution in [-0.4, -0.2) is 37.9 Å². The quantitative estimate of drug-likeness (QED) is 0.0346. The maximum atomic E-state index is 12.8. The second-order valence-electron chi connectivity index (χ2n) is 17.0. The van der Waals surface area contributed by atoms with Crippen LogP contribution in [0.3, 0.4) is 0 Å². The van der Waals surface area contributed by atoms with Crippen molar-refractivity contribution in [3.05, 3.63) is 109 Å². The highest BCUT2D eigenvalue weighted by Crippen LogP contribution is 2.13. The molecule has 0 rings (SSSR count). The minimum absolute atomic E-state index is 0.0549. The Hall–Kier alpha value is -3.44. The molecular formula is C59H98O5. The van der Waals surface area contributed by atoms with Crippen molar-refractivity contribution in [2.24, 2.45) is 0 Å². The summed E-state index contributed by atoms with van der Waals surface area (Å²) in [5.74, 6) is -0.455. The second kappa shape index (κ2) is 53.9. The van der Waals surface area contributed by atoms with Gasteiger partial charge in [-0.15, -0.1) is 0 Å². The molecule has 0 aliphatic heterocycles. The third-order valence-electron chi connectivity index (χ3n) is 10.8. The molecule has 0 bridgehead atoms. The summed E-state index contributed by atoms with van der Waals surface area (Å²) in [5.41, 5.74) is 0. The van der Waals surface area contributed by atoms with Crippen molar-refractivity contribution in [3.63, 3.8) is 0 Å². The van der Waals surface area contributed by atoms with E-state index < -0.39 is 6.10 Å². The number of carbonyl (C=O) groups excluding carboxylic acids is 2. The van der Waals surface area contributed by atoms with E-state index in [2.05, 4.69) is 130 Å². The third-order valence-corrected chi connectivity index (χ3v) is 10.8. The van der Waals surface area contributed by atoms with E-state index in [1.807, 2.05) is 0 Å². The van der Waals surface area contributed by atoms with Gasteiger partial charge in [0.1, 0.15) is 6.61 Å². The van der Waals surface area contributed by atoms with Crippen molar-refractivity contribution in [2.75, 3.05) is 19.8 Å². The van der Waals surface area contributed by atoms with Crippen LogP contribution in [0.2, 0.25) is 0 Å². The summed E-state index contributed by atoms with van der Waals surface area (Å²) in [6.07, 6.45) is 73.8. The number of unbranched alkanes of at least 4 members (excludes halogenated alkanes) is 18. The third kappa shape index (κ3) is 51.2. The van der Waals surface area contributed by atoms with Crippen molar-refractivity contribution < 1.29 is 23.8 Å². The largest absolute Gasteiger partial charge is 0.462 e. The molecule has 0 aliphatic carbocycles. The van der Waals surface area contributed by atoms with Crippen LogP contribution >= 0.6 is 0 Å². The number of rotatable bonds is 47. The van der Waals surface area contributed by atoms with Crippen LogP contribution in [0.5, 0.6) is 0 Å². The normalized spacial score (nSPS) is 13.1. The summed E-state index contributed by atoms with van der Waals surface area (Å²) in [4.78, 5) is 25.4. The van der Waals surface area contributed by atoms with E-state index >= 15 is 0 Å². The molecule has 1 unspecified atom stereocenters. The Labute approximate surface area is 395 Å². The summed E-state index contributed by atoms with van der Waals surface area (Å²) >= 11 is 0. The topological polar surface area (TPSA) is 61.8 Å². The van der Waals surface area contributed by atoms with E-state index in [1.54, 1.807) is 0 Å². The molecule has 0 N–H and O–H groups in total. The molecule has 64 heavy (non-hydrogen) atoms. The molecule has 0 aromatic rings. The highest BCUT2D eigenvalue weighted by Gasteiger charge is 2.17. The van der Waals surface area contributed by atoms with Crippen molar-refractivity contribution in [3.8, 4) is 0 Å². The van der Waals surface area contributed by atoms with Gasteiger partial charge in [0.2, 0.25) is 0 Å². The summed E-state index contributed by atoms with van der Waals surface area (Å²) in [6.45, 7) is 7.51. The molecule has 0 spiro atoms. The lowest BCUT2D eigenvalue weighted by molar-refractivity contribution is -0.163. The van der Waals surface area contributed by atoms with Crippen molar-refractivity contribution in [1.29, 1.82) is 0 Å². The Morgan fingerprint density at radius 3 is 1.12 bits per heavy atom. The van der Waals surface area contributed by atoms with Gasteiger partial charge in [-0.3, -0.25) is 9.59 Å². The van der Waals surface area contributed by atoms with E-state index in [1.165, 1.54) is 70.6 Å². The number of allylic oxidation sites excluding steroid dienone is 18. The average molecular weight is 887 g/mol. The minimum Gasteiger partial charge on any atom is -0.462 e. The second-order valence-corrected chi connectivity index (χ2v) is 17.0. The Morgan fingerprint density at radius 1 is 0.359 bits per heavy atom. The first-order valence-electron chi connectivity index (χ1n) is 26.4. The monoisotopic (exact) mass is 887 g/mol. The summed E-state index contributed by atoms with van der Waals surface area (Å²) in [6, 6.07) is 0. The molecule has 0 aliphatic rings. The Morgan fingerprint density at radius 2 is 0.703 bits per heavy atom. The Kier molecular flexibility index (Phi) is 51.0. The Balaban J connectivity index is 4.39. The van der Waals surface area contributed by atoms with E-state index in [0.29, 0.717) is 19.4 Å². The fourth-order valence-corrected chi connectivity index (χ4v) is 6.90. The van der Waals surface area contributed by atoms with Gasteiger partial charge in [0.15, 0.2) is 6.10 Å². The van der Waals surface area contributed by atoms with Crippen LogP contribution in [0.15, 0.2) is 109 Å². The molecule has 0 amide bonds. The zero-order chi connectivity index (χ0) is 46.3. The molecule has 0 radical (unpaired) electrons. The molecule has 0 saturated carbocycles. The number of carbonyl (C=O) groups is 2. The predicted octanol–water partition coefficient (Wildman–Crippen LogP) is 18.0. The fourth-order valence-electron chi connectivity index (χ4n) is 6.90. The van der Waals surface area contributed by atoms with Gasteiger partial charge in [-0.2, -0.15) is 0 Å². The molecular weight excluding hydrogens is 789 g/mol. The van der Waals surface area contributed by atoms with Gasteiger partial charge in [-0.05, 0) is 122 Å². The Bertz CT molecular complexity index is 1280. The SMILES string of the molecule is CC/C=C\C/C=C\C/C=C\C/C=C\CCCCCCC(=O)OCC(COCCCCCCCC/C=C\C/C=C\CCCCC)OC(=O)CCCCCCC/C=C\C/C=C\C/C=C\CC. The molecule has 5 heteroatoms. The van der Waals surface area contributed by atoms with E-state index in [0.717, 1.165) is 122 Å². The van der Waals surface area contributed by atoms with E-state index in [9.17, 15) is 9.59 Å². The van der Waals surface area contributed by atoms with Crippen LogP contribution in [0.1, 0.15) is 226 Å². The van der Waals surface area contributed by atoms with Crippen LogP contribution in [0.4, 0.5) is 0 Å². The van der Waals surface area contributed by atoms with Crippen molar-refractivity contribution >= 4 is 11.9 Å². The fraction of sp³-hybridized carbons (Fsp3) is 0.661. The number of hydrogen-bond acceptors (Lipinski definition) is 5. The maximum Gasteiger partial charge on any atom is 0.306 e. The number of esters is 2.